The molecule has 1 aromatic rings. The van der Waals surface area contributed by atoms with Crippen molar-refractivity contribution in [3.8, 4) is 0 Å². The van der Waals surface area contributed by atoms with Crippen molar-refractivity contribution in [2.45, 2.75) is 38.1 Å². The van der Waals surface area contributed by atoms with Crippen LogP contribution in [0.1, 0.15) is 31.7 Å². The fourth-order valence-electron chi connectivity index (χ4n) is 2.59. The molecule has 1 unspecified atom stereocenters. The van der Waals surface area contributed by atoms with Crippen LogP contribution in [0, 0.1) is 0 Å². The van der Waals surface area contributed by atoms with Crippen LogP contribution in [0.25, 0.3) is 0 Å². The van der Waals surface area contributed by atoms with Gasteiger partial charge in [-0.05, 0) is 44.2 Å². The van der Waals surface area contributed by atoms with Gasteiger partial charge in [0.25, 0.3) is 0 Å². The molecular formula is C15H22N2O2. The van der Waals surface area contributed by atoms with Gasteiger partial charge in [-0.15, -0.1) is 0 Å². The Bertz CT molecular complexity index is 457. The van der Waals surface area contributed by atoms with Crippen LogP contribution in [-0.4, -0.2) is 29.7 Å². The van der Waals surface area contributed by atoms with Crippen molar-refractivity contribution in [3.05, 3.63) is 29.8 Å². The molecule has 4 heteroatoms. The van der Waals surface area contributed by atoms with Crippen molar-refractivity contribution in [2.24, 2.45) is 5.73 Å². The summed E-state index contributed by atoms with van der Waals surface area (Å²) in [6.45, 7) is 3.50. The van der Waals surface area contributed by atoms with Crippen LogP contribution in [0.4, 0.5) is 5.69 Å². The van der Waals surface area contributed by atoms with Gasteiger partial charge in [-0.3, -0.25) is 4.79 Å². The number of nitrogens with two attached hydrogens (primary N) is 1. The number of hydrogen-bond donors (Lipinski definition) is 2. The minimum absolute atomic E-state index is 0.501. The van der Waals surface area contributed by atoms with E-state index < -0.39 is 11.5 Å². The summed E-state index contributed by atoms with van der Waals surface area (Å²) in [6, 6.07) is 8.45. The molecule has 2 rings (SSSR count). The highest BCUT2D eigenvalue weighted by molar-refractivity contribution is 5.77. The van der Waals surface area contributed by atoms with Gasteiger partial charge in [0.15, 0.2) is 0 Å². The monoisotopic (exact) mass is 262 g/mol. The van der Waals surface area contributed by atoms with Gasteiger partial charge in [-0.1, -0.05) is 18.2 Å². The highest BCUT2D eigenvalue weighted by Crippen LogP contribution is 2.27. The molecule has 4 nitrogen and oxygen atoms in total. The van der Waals surface area contributed by atoms with E-state index in [4.69, 9.17) is 10.8 Å². The van der Waals surface area contributed by atoms with Gasteiger partial charge in [0.1, 0.15) is 5.54 Å². The second kappa shape index (κ2) is 5.61. The Labute approximate surface area is 114 Å². The highest BCUT2D eigenvalue weighted by Gasteiger charge is 2.27. The Morgan fingerprint density at radius 3 is 2.95 bits per heavy atom. The molecule has 0 radical (unpaired) electrons. The van der Waals surface area contributed by atoms with Crippen molar-refractivity contribution in [2.75, 3.05) is 18.0 Å². The molecule has 0 aliphatic carbocycles. The predicted molar refractivity (Wildman–Crippen MR) is 76.4 cm³/mol. The molecule has 3 N–H and O–H groups in total. The van der Waals surface area contributed by atoms with E-state index in [1.54, 1.807) is 6.92 Å². The fraction of sp³-hybridized carbons (Fsp3) is 0.533. The third-order valence-corrected chi connectivity index (χ3v) is 3.82. The smallest absolute Gasteiger partial charge is 0.323 e. The third kappa shape index (κ3) is 3.26. The van der Waals surface area contributed by atoms with Gasteiger partial charge in [0.2, 0.25) is 0 Å². The van der Waals surface area contributed by atoms with E-state index >= 15 is 0 Å². The van der Waals surface area contributed by atoms with Crippen LogP contribution in [0.5, 0.6) is 0 Å². The molecular weight excluding hydrogens is 240 g/mol. The molecule has 1 aromatic carbocycles. The van der Waals surface area contributed by atoms with Gasteiger partial charge < -0.3 is 15.7 Å². The molecule has 0 saturated carbocycles. The first-order chi connectivity index (χ1) is 9.00. The maximum absolute atomic E-state index is 11.0. The van der Waals surface area contributed by atoms with Crippen molar-refractivity contribution in [1.29, 1.82) is 0 Å². The van der Waals surface area contributed by atoms with E-state index in [9.17, 15) is 4.79 Å². The van der Waals surface area contributed by atoms with Gasteiger partial charge >= 0.3 is 5.97 Å². The van der Waals surface area contributed by atoms with Crippen LogP contribution in [0.15, 0.2) is 24.3 Å². The largest absolute Gasteiger partial charge is 0.480 e. The van der Waals surface area contributed by atoms with Crippen LogP contribution in [-0.2, 0) is 11.2 Å². The van der Waals surface area contributed by atoms with Gasteiger partial charge in [0.05, 0.1) is 0 Å². The number of fused-ring (bicyclic) bond motifs is 1. The van der Waals surface area contributed by atoms with Gasteiger partial charge in [-0.2, -0.15) is 0 Å². The maximum atomic E-state index is 11.0. The summed E-state index contributed by atoms with van der Waals surface area (Å²) in [6.07, 6.45) is 3.60. The number of para-hydroxylation sites is 1. The zero-order valence-corrected chi connectivity index (χ0v) is 11.4. The maximum Gasteiger partial charge on any atom is 0.323 e. The first-order valence-corrected chi connectivity index (χ1v) is 6.86. The second-order valence-electron chi connectivity index (χ2n) is 5.55. The summed E-state index contributed by atoms with van der Waals surface area (Å²) in [5.74, 6) is -0.924. The zero-order chi connectivity index (χ0) is 13.9. The molecule has 0 saturated heterocycles. The molecule has 0 bridgehead atoms. The van der Waals surface area contributed by atoms with Gasteiger partial charge in [0, 0.05) is 18.8 Å². The second-order valence-corrected chi connectivity index (χ2v) is 5.55. The summed E-state index contributed by atoms with van der Waals surface area (Å²) >= 11 is 0. The minimum Gasteiger partial charge on any atom is -0.480 e. The molecule has 1 heterocycles. The van der Waals surface area contributed by atoms with Crippen LogP contribution in [0.3, 0.4) is 0 Å². The van der Waals surface area contributed by atoms with Crippen LogP contribution in [0.2, 0.25) is 0 Å². The van der Waals surface area contributed by atoms with E-state index in [0.717, 1.165) is 32.4 Å². The standard InChI is InChI=1S/C15H22N2O2/c1-15(16,14(18)19)9-5-11-17-10-4-7-12-6-2-3-8-13(12)17/h2-3,6,8H,4-5,7,9-11,16H2,1H3,(H,18,19). The Morgan fingerprint density at radius 1 is 1.47 bits per heavy atom. The lowest BCUT2D eigenvalue weighted by Gasteiger charge is -2.32. The number of carboxylic acids is 1. The summed E-state index contributed by atoms with van der Waals surface area (Å²) in [4.78, 5) is 13.3. The number of rotatable bonds is 5. The molecule has 1 aliphatic rings. The molecule has 104 valence electrons. The topological polar surface area (TPSA) is 66.6 Å². The number of benzene rings is 1. The summed E-state index contributed by atoms with van der Waals surface area (Å²) < 4.78 is 0. The first kappa shape index (κ1) is 13.9. The number of aryl methyl sites for hydroxylation is 1. The Morgan fingerprint density at radius 2 is 2.21 bits per heavy atom. The molecule has 0 spiro atoms. The predicted octanol–water partition coefficient (Wildman–Crippen LogP) is 2.02. The SMILES string of the molecule is CC(N)(CCCN1CCCc2ccccc21)C(=O)O. The summed E-state index contributed by atoms with van der Waals surface area (Å²) in [5, 5.41) is 9.00. The van der Waals surface area contributed by atoms with Gasteiger partial charge in [-0.25, -0.2) is 0 Å². The number of carboxylic acid groups (broad SMARTS) is 1. The van der Waals surface area contributed by atoms with Crippen molar-refractivity contribution in [1.82, 2.24) is 0 Å². The van der Waals surface area contributed by atoms with Crippen LogP contribution < -0.4 is 10.6 Å². The van der Waals surface area contributed by atoms with E-state index in [-0.39, 0.29) is 0 Å². The number of nitrogens with zero attached hydrogens (tertiary/aromatic N) is 1. The lowest BCUT2D eigenvalue weighted by Crippen LogP contribution is -2.45. The summed E-state index contributed by atoms with van der Waals surface area (Å²) in [7, 11) is 0. The molecule has 0 aromatic heterocycles. The van der Waals surface area contributed by atoms with E-state index in [1.807, 2.05) is 0 Å². The Balaban J connectivity index is 1.93. The molecule has 19 heavy (non-hydrogen) atoms. The minimum atomic E-state index is -1.12. The lowest BCUT2D eigenvalue weighted by molar-refractivity contribution is -0.142. The number of hydrogen-bond acceptors (Lipinski definition) is 3. The highest BCUT2D eigenvalue weighted by atomic mass is 16.4. The normalized spacial score (nSPS) is 17.7. The Kier molecular flexibility index (Phi) is 4.10. The van der Waals surface area contributed by atoms with Crippen molar-refractivity contribution < 1.29 is 9.90 Å². The molecule has 0 fully saturated rings. The number of anilines is 1. The first-order valence-electron chi connectivity index (χ1n) is 6.86. The number of aliphatic carboxylic acids is 1. The third-order valence-electron chi connectivity index (χ3n) is 3.82. The Hall–Kier alpha value is -1.55. The van der Waals surface area contributed by atoms with Crippen molar-refractivity contribution >= 4 is 11.7 Å². The number of carbonyl (C=O) groups is 1. The van der Waals surface area contributed by atoms with Crippen LogP contribution >= 0.6 is 0 Å². The summed E-state index contributed by atoms with van der Waals surface area (Å²) in [5.41, 5.74) is 7.32. The molecule has 0 amide bonds. The molecule has 1 aliphatic heterocycles. The average molecular weight is 262 g/mol. The van der Waals surface area contributed by atoms with Crippen molar-refractivity contribution in [3.63, 3.8) is 0 Å². The zero-order valence-electron chi connectivity index (χ0n) is 11.4. The molecule has 1 atom stereocenters. The van der Waals surface area contributed by atoms with E-state index in [0.29, 0.717) is 6.42 Å². The quantitative estimate of drug-likeness (QED) is 0.852. The van der Waals surface area contributed by atoms with E-state index in [2.05, 4.69) is 29.2 Å². The average Bonchev–Trinajstić information content (AvgIpc) is 2.38. The van der Waals surface area contributed by atoms with E-state index in [1.165, 1.54) is 11.3 Å². The lowest BCUT2D eigenvalue weighted by atomic mass is 9.96. The fourth-order valence-corrected chi connectivity index (χ4v) is 2.59.